The maximum Gasteiger partial charge on any atom is 0.0947 e. The van der Waals surface area contributed by atoms with Gasteiger partial charge in [0.05, 0.1) is 12.5 Å². The fraction of sp³-hybridized carbons (Fsp3) is 0.444. The molecule has 1 aliphatic heterocycles. The summed E-state index contributed by atoms with van der Waals surface area (Å²) in [5.41, 5.74) is 2.64. The lowest BCUT2D eigenvalue weighted by molar-refractivity contribution is 0.106. The molecule has 1 aromatic carbocycles. The average molecular weight is 284 g/mol. The average Bonchev–Trinajstić information content (AvgIpc) is 3.01. The molecule has 2 aromatic rings. The predicted molar refractivity (Wildman–Crippen MR) is 84.9 cm³/mol. The minimum absolute atomic E-state index is 0.427. The molecule has 21 heavy (non-hydrogen) atoms. The van der Waals surface area contributed by atoms with Crippen molar-refractivity contribution in [3.8, 4) is 0 Å². The zero-order valence-corrected chi connectivity index (χ0v) is 12.8. The van der Waals surface area contributed by atoms with Gasteiger partial charge in [-0.3, -0.25) is 4.90 Å². The van der Waals surface area contributed by atoms with Crippen LogP contribution in [0.1, 0.15) is 31.0 Å². The van der Waals surface area contributed by atoms with Crippen molar-refractivity contribution in [1.29, 1.82) is 0 Å². The molecule has 1 saturated heterocycles. The van der Waals surface area contributed by atoms with E-state index in [1.807, 2.05) is 6.26 Å². The Bertz CT molecular complexity index is 536. The maximum absolute atomic E-state index is 5.23. The molecule has 0 spiro atoms. The number of furan rings is 1. The van der Waals surface area contributed by atoms with Crippen molar-refractivity contribution in [1.82, 2.24) is 10.2 Å². The van der Waals surface area contributed by atoms with E-state index in [0.29, 0.717) is 18.0 Å². The van der Waals surface area contributed by atoms with Gasteiger partial charge in [-0.1, -0.05) is 44.2 Å². The summed E-state index contributed by atoms with van der Waals surface area (Å²) in [7, 11) is 0. The molecule has 0 amide bonds. The summed E-state index contributed by atoms with van der Waals surface area (Å²) in [6.07, 6.45) is 3.61. The third-order valence-corrected chi connectivity index (χ3v) is 4.40. The van der Waals surface area contributed by atoms with Crippen molar-refractivity contribution in [3.05, 3.63) is 60.1 Å². The molecule has 0 saturated carbocycles. The van der Waals surface area contributed by atoms with Crippen LogP contribution in [-0.4, -0.2) is 24.0 Å². The number of hydrogen-bond donors (Lipinski definition) is 1. The summed E-state index contributed by atoms with van der Waals surface area (Å²) in [6, 6.07) is 13.8. The highest BCUT2D eigenvalue weighted by Gasteiger charge is 2.30. The molecule has 0 aliphatic carbocycles. The Morgan fingerprint density at radius 1 is 1.24 bits per heavy atom. The van der Waals surface area contributed by atoms with E-state index in [-0.39, 0.29) is 0 Å². The highest BCUT2D eigenvalue weighted by molar-refractivity contribution is 5.21. The Morgan fingerprint density at radius 2 is 2.05 bits per heavy atom. The van der Waals surface area contributed by atoms with Crippen LogP contribution in [0.5, 0.6) is 0 Å². The normalized spacial score (nSPS) is 23.6. The molecule has 1 N–H and O–H groups in total. The largest absolute Gasteiger partial charge is 0.472 e. The van der Waals surface area contributed by atoms with E-state index in [1.165, 1.54) is 11.1 Å². The van der Waals surface area contributed by atoms with Crippen LogP contribution in [0.4, 0.5) is 0 Å². The molecule has 3 rings (SSSR count). The van der Waals surface area contributed by atoms with Crippen molar-refractivity contribution in [2.45, 2.75) is 32.5 Å². The van der Waals surface area contributed by atoms with Crippen LogP contribution in [0.2, 0.25) is 0 Å². The van der Waals surface area contributed by atoms with Gasteiger partial charge >= 0.3 is 0 Å². The first kappa shape index (κ1) is 14.4. The summed E-state index contributed by atoms with van der Waals surface area (Å²) < 4.78 is 5.23. The number of hydrogen-bond acceptors (Lipinski definition) is 3. The van der Waals surface area contributed by atoms with Crippen LogP contribution < -0.4 is 5.32 Å². The summed E-state index contributed by atoms with van der Waals surface area (Å²) in [5, 5.41) is 3.71. The summed E-state index contributed by atoms with van der Waals surface area (Å²) >= 11 is 0. The van der Waals surface area contributed by atoms with Gasteiger partial charge in [-0.05, 0) is 17.5 Å². The SMILES string of the molecule is CC(C)C1CN(Cc2ccoc2)C(c2ccccc2)CN1. The highest BCUT2D eigenvalue weighted by Crippen LogP contribution is 2.27. The van der Waals surface area contributed by atoms with Gasteiger partial charge in [0, 0.05) is 37.3 Å². The minimum Gasteiger partial charge on any atom is -0.472 e. The molecular formula is C18H24N2O. The van der Waals surface area contributed by atoms with Crippen molar-refractivity contribution in [2.24, 2.45) is 5.92 Å². The quantitative estimate of drug-likeness (QED) is 0.932. The van der Waals surface area contributed by atoms with Crippen LogP contribution in [-0.2, 0) is 6.54 Å². The van der Waals surface area contributed by atoms with Gasteiger partial charge in [-0.25, -0.2) is 0 Å². The molecule has 3 heteroatoms. The predicted octanol–water partition coefficient (Wildman–Crippen LogP) is 3.45. The second-order valence-electron chi connectivity index (χ2n) is 6.25. The van der Waals surface area contributed by atoms with Crippen LogP contribution >= 0.6 is 0 Å². The Balaban J connectivity index is 1.80. The molecule has 1 aliphatic rings. The van der Waals surface area contributed by atoms with E-state index in [1.54, 1.807) is 6.26 Å². The standard InChI is InChI=1S/C18H24N2O/c1-14(2)17-12-20(11-15-8-9-21-13-15)18(10-19-17)16-6-4-3-5-7-16/h3-9,13-14,17-19H,10-12H2,1-2H3. The van der Waals surface area contributed by atoms with Crippen molar-refractivity contribution >= 4 is 0 Å². The fourth-order valence-electron chi connectivity index (χ4n) is 3.08. The molecule has 2 heterocycles. The number of piperazine rings is 1. The summed E-state index contributed by atoms with van der Waals surface area (Å²) in [4.78, 5) is 2.57. The lowest BCUT2D eigenvalue weighted by atomic mass is 9.95. The molecule has 0 bridgehead atoms. The second kappa shape index (κ2) is 6.46. The zero-order chi connectivity index (χ0) is 14.7. The first-order valence-electron chi connectivity index (χ1n) is 7.77. The fourth-order valence-corrected chi connectivity index (χ4v) is 3.08. The molecule has 1 aromatic heterocycles. The Kier molecular flexibility index (Phi) is 4.42. The Morgan fingerprint density at radius 3 is 2.71 bits per heavy atom. The van der Waals surface area contributed by atoms with Crippen LogP contribution in [0, 0.1) is 5.92 Å². The van der Waals surface area contributed by atoms with Gasteiger partial charge in [-0.15, -0.1) is 0 Å². The third kappa shape index (κ3) is 3.36. The van der Waals surface area contributed by atoms with Gasteiger partial charge < -0.3 is 9.73 Å². The van der Waals surface area contributed by atoms with Crippen molar-refractivity contribution in [3.63, 3.8) is 0 Å². The third-order valence-electron chi connectivity index (χ3n) is 4.40. The number of rotatable bonds is 4. The molecular weight excluding hydrogens is 260 g/mol. The molecule has 2 atom stereocenters. The molecule has 2 unspecified atom stereocenters. The van der Waals surface area contributed by atoms with Gasteiger partial charge in [0.1, 0.15) is 0 Å². The minimum atomic E-state index is 0.427. The van der Waals surface area contributed by atoms with Gasteiger partial charge in [0.2, 0.25) is 0 Å². The smallest absolute Gasteiger partial charge is 0.0947 e. The Labute approximate surface area is 127 Å². The van der Waals surface area contributed by atoms with Crippen LogP contribution in [0.15, 0.2) is 53.3 Å². The van der Waals surface area contributed by atoms with E-state index < -0.39 is 0 Å². The lowest BCUT2D eigenvalue weighted by Crippen LogP contribution is -2.53. The second-order valence-corrected chi connectivity index (χ2v) is 6.25. The molecule has 1 fully saturated rings. The first-order chi connectivity index (χ1) is 10.2. The summed E-state index contributed by atoms with van der Waals surface area (Å²) in [5.74, 6) is 0.647. The first-order valence-corrected chi connectivity index (χ1v) is 7.77. The topological polar surface area (TPSA) is 28.4 Å². The van der Waals surface area contributed by atoms with E-state index in [2.05, 4.69) is 60.5 Å². The number of nitrogens with one attached hydrogen (secondary N) is 1. The Hall–Kier alpha value is -1.58. The van der Waals surface area contributed by atoms with Crippen LogP contribution in [0.3, 0.4) is 0 Å². The van der Waals surface area contributed by atoms with E-state index in [4.69, 9.17) is 4.42 Å². The lowest BCUT2D eigenvalue weighted by Gasteiger charge is -2.42. The van der Waals surface area contributed by atoms with Gasteiger partial charge in [0.15, 0.2) is 0 Å². The molecule has 112 valence electrons. The summed E-state index contributed by atoms with van der Waals surface area (Å²) in [6.45, 7) is 7.60. The monoisotopic (exact) mass is 284 g/mol. The highest BCUT2D eigenvalue weighted by atomic mass is 16.3. The van der Waals surface area contributed by atoms with Crippen LogP contribution in [0.25, 0.3) is 0 Å². The van der Waals surface area contributed by atoms with Crippen molar-refractivity contribution in [2.75, 3.05) is 13.1 Å². The number of benzene rings is 1. The number of nitrogens with zero attached hydrogens (tertiary/aromatic N) is 1. The molecule has 0 radical (unpaired) electrons. The maximum atomic E-state index is 5.23. The van der Waals surface area contributed by atoms with E-state index >= 15 is 0 Å². The molecule has 3 nitrogen and oxygen atoms in total. The van der Waals surface area contributed by atoms with Crippen molar-refractivity contribution < 1.29 is 4.42 Å². The van der Waals surface area contributed by atoms with Gasteiger partial charge in [0.25, 0.3) is 0 Å². The van der Waals surface area contributed by atoms with Gasteiger partial charge in [-0.2, -0.15) is 0 Å². The van der Waals surface area contributed by atoms with E-state index in [9.17, 15) is 0 Å². The van der Waals surface area contributed by atoms with E-state index in [0.717, 1.165) is 19.6 Å². The zero-order valence-electron chi connectivity index (χ0n) is 12.8.